The molecule has 1 rings (SSSR count). The minimum absolute atomic E-state index is 0.328. The number of rotatable bonds is 4. The Hall–Kier alpha value is -2.17. The zero-order valence-electron chi connectivity index (χ0n) is 7.46. The molecule has 0 radical (unpaired) electrons. The zero-order chi connectivity index (χ0) is 10.6. The third-order valence-corrected chi connectivity index (χ3v) is 1.60. The van der Waals surface area contributed by atoms with Gasteiger partial charge in [-0.3, -0.25) is 0 Å². The molecule has 72 valence electrons. The van der Waals surface area contributed by atoms with Crippen LogP contribution in [-0.4, -0.2) is 11.6 Å². The Balaban J connectivity index is 2.99. The van der Waals surface area contributed by atoms with E-state index in [0.29, 0.717) is 5.69 Å². The number of nitrogens with zero attached hydrogens (tertiary/aromatic N) is 3. The Labute approximate surface area is 81.1 Å². The Morgan fingerprint density at radius 2 is 2.00 bits per heavy atom. The van der Waals surface area contributed by atoms with Crippen LogP contribution in [0.15, 0.2) is 47.8 Å². The van der Waals surface area contributed by atoms with E-state index in [1.165, 1.54) is 0 Å². The zero-order valence-corrected chi connectivity index (χ0v) is 7.46. The van der Waals surface area contributed by atoms with Crippen LogP contribution in [0.1, 0.15) is 0 Å². The minimum Gasteiger partial charge on any atom is -0.358 e. The van der Waals surface area contributed by atoms with E-state index in [9.17, 15) is 10.1 Å². The second-order valence-electron chi connectivity index (χ2n) is 2.46. The van der Waals surface area contributed by atoms with Gasteiger partial charge in [0.15, 0.2) is 5.69 Å². The summed E-state index contributed by atoms with van der Waals surface area (Å²) in [6.07, 6.45) is 0. The summed E-state index contributed by atoms with van der Waals surface area (Å²) in [6.45, 7) is 6.55. The first-order valence-electron chi connectivity index (χ1n) is 3.82. The van der Waals surface area contributed by atoms with Gasteiger partial charge < -0.3 is 10.1 Å². The van der Waals surface area contributed by atoms with Gasteiger partial charge in [-0.15, -0.1) is 0 Å². The predicted octanol–water partition coefficient (Wildman–Crippen LogP) is 1.86. The number of para-hydroxylation sites is 1. The standard InChI is InChI=1S/C9H9N3O2/c1-8(12(13)14)11(10-2)9-6-4-3-5-7-9/h3-7H,1-2H2. The number of hydrogen-bond donors (Lipinski definition) is 0. The van der Waals surface area contributed by atoms with Crippen LogP contribution < -0.4 is 5.01 Å². The normalized spacial score (nSPS) is 9.14. The van der Waals surface area contributed by atoms with E-state index < -0.39 is 4.92 Å². The van der Waals surface area contributed by atoms with Gasteiger partial charge in [0.25, 0.3) is 0 Å². The fourth-order valence-corrected chi connectivity index (χ4v) is 0.959. The van der Waals surface area contributed by atoms with Crippen LogP contribution in [0.25, 0.3) is 0 Å². The van der Waals surface area contributed by atoms with E-state index in [-0.39, 0.29) is 5.82 Å². The maximum Gasteiger partial charge on any atom is 0.341 e. The van der Waals surface area contributed by atoms with Crippen molar-refractivity contribution < 1.29 is 4.92 Å². The largest absolute Gasteiger partial charge is 0.358 e. The average Bonchev–Trinajstić information content (AvgIpc) is 2.20. The van der Waals surface area contributed by atoms with Crippen molar-refractivity contribution in [3.63, 3.8) is 0 Å². The van der Waals surface area contributed by atoms with E-state index >= 15 is 0 Å². The molecule has 0 spiro atoms. The molecule has 1 aromatic carbocycles. The Morgan fingerprint density at radius 3 is 2.43 bits per heavy atom. The van der Waals surface area contributed by atoms with Crippen LogP contribution in [0.4, 0.5) is 5.69 Å². The van der Waals surface area contributed by atoms with Crippen molar-refractivity contribution in [1.82, 2.24) is 0 Å². The third-order valence-electron chi connectivity index (χ3n) is 1.60. The third kappa shape index (κ3) is 1.95. The molecule has 0 fully saturated rings. The van der Waals surface area contributed by atoms with Gasteiger partial charge in [-0.05, 0) is 23.6 Å². The molecule has 0 bridgehead atoms. The number of benzene rings is 1. The van der Waals surface area contributed by atoms with Crippen LogP contribution in [0.3, 0.4) is 0 Å². The van der Waals surface area contributed by atoms with Gasteiger partial charge in [-0.2, -0.15) is 0 Å². The van der Waals surface area contributed by atoms with Gasteiger partial charge in [0.1, 0.15) is 0 Å². The molecule has 0 aliphatic rings. The van der Waals surface area contributed by atoms with Gasteiger partial charge in [-0.1, -0.05) is 28.3 Å². The Bertz CT molecular complexity index is 362. The van der Waals surface area contributed by atoms with E-state index in [0.717, 1.165) is 5.01 Å². The molecule has 0 saturated heterocycles. The molecular weight excluding hydrogens is 182 g/mol. The van der Waals surface area contributed by atoms with E-state index in [2.05, 4.69) is 18.4 Å². The lowest BCUT2D eigenvalue weighted by Gasteiger charge is -2.09. The molecule has 0 aliphatic carbocycles. The van der Waals surface area contributed by atoms with E-state index in [1.54, 1.807) is 30.3 Å². The van der Waals surface area contributed by atoms with Crippen molar-refractivity contribution in [1.29, 1.82) is 0 Å². The summed E-state index contributed by atoms with van der Waals surface area (Å²) in [5.41, 5.74) is 0.559. The number of hydrazone groups is 1. The maximum absolute atomic E-state index is 10.4. The Morgan fingerprint density at radius 1 is 1.43 bits per heavy atom. The smallest absolute Gasteiger partial charge is 0.341 e. The number of anilines is 1. The van der Waals surface area contributed by atoms with Crippen LogP contribution in [0.5, 0.6) is 0 Å². The number of hydrogen-bond acceptors (Lipinski definition) is 4. The van der Waals surface area contributed by atoms with Gasteiger partial charge >= 0.3 is 5.82 Å². The molecule has 0 saturated carbocycles. The van der Waals surface area contributed by atoms with Gasteiger partial charge in [0, 0.05) is 6.72 Å². The predicted molar refractivity (Wildman–Crippen MR) is 54.6 cm³/mol. The quantitative estimate of drug-likeness (QED) is 0.414. The number of nitro groups is 1. The summed E-state index contributed by atoms with van der Waals surface area (Å²) in [5.74, 6) is -0.328. The van der Waals surface area contributed by atoms with Crippen LogP contribution in [-0.2, 0) is 0 Å². The first-order valence-corrected chi connectivity index (χ1v) is 3.82. The second-order valence-corrected chi connectivity index (χ2v) is 2.46. The van der Waals surface area contributed by atoms with Crippen molar-refractivity contribution in [3.05, 3.63) is 52.8 Å². The van der Waals surface area contributed by atoms with Crippen molar-refractivity contribution in [2.75, 3.05) is 5.01 Å². The topological polar surface area (TPSA) is 58.7 Å². The molecular formula is C9H9N3O2. The highest BCUT2D eigenvalue weighted by atomic mass is 16.6. The second kappa shape index (κ2) is 4.18. The van der Waals surface area contributed by atoms with Crippen molar-refractivity contribution in [3.8, 4) is 0 Å². The van der Waals surface area contributed by atoms with Crippen molar-refractivity contribution in [2.24, 2.45) is 5.10 Å². The van der Waals surface area contributed by atoms with Crippen LogP contribution >= 0.6 is 0 Å². The SMILES string of the molecule is C=NN(C(=C)[N+](=O)[O-])c1ccccc1. The molecule has 0 unspecified atom stereocenters. The summed E-state index contributed by atoms with van der Waals surface area (Å²) in [5, 5.41) is 15.0. The average molecular weight is 191 g/mol. The monoisotopic (exact) mass is 191 g/mol. The van der Waals surface area contributed by atoms with Crippen LogP contribution in [0, 0.1) is 10.1 Å². The molecule has 0 N–H and O–H groups in total. The molecule has 14 heavy (non-hydrogen) atoms. The summed E-state index contributed by atoms with van der Waals surface area (Å²) < 4.78 is 0. The first kappa shape index (κ1) is 9.91. The highest BCUT2D eigenvalue weighted by Gasteiger charge is 2.19. The van der Waals surface area contributed by atoms with Crippen LogP contribution in [0.2, 0.25) is 0 Å². The lowest BCUT2D eigenvalue weighted by molar-refractivity contribution is -0.426. The molecule has 0 heterocycles. The molecule has 5 heteroatoms. The molecule has 0 amide bonds. The molecule has 0 aromatic heterocycles. The molecule has 5 nitrogen and oxygen atoms in total. The molecule has 0 atom stereocenters. The molecule has 0 aliphatic heterocycles. The highest BCUT2D eigenvalue weighted by molar-refractivity contribution is 5.50. The van der Waals surface area contributed by atoms with E-state index in [1.807, 2.05) is 0 Å². The lowest BCUT2D eigenvalue weighted by Crippen LogP contribution is -2.19. The van der Waals surface area contributed by atoms with Crippen molar-refractivity contribution in [2.45, 2.75) is 0 Å². The summed E-state index contributed by atoms with van der Waals surface area (Å²) in [4.78, 5) is 9.84. The minimum atomic E-state index is -0.609. The fourth-order valence-electron chi connectivity index (χ4n) is 0.959. The van der Waals surface area contributed by atoms with Gasteiger partial charge in [-0.25, -0.2) is 0 Å². The van der Waals surface area contributed by atoms with E-state index in [4.69, 9.17) is 0 Å². The summed E-state index contributed by atoms with van der Waals surface area (Å²) >= 11 is 0. The maximum atomic E-state index is 10.4. The highest BCUT2D eigenvalue weighted by Crippen LogP contribution is 2.17. The fraction of sp³-hybridized carbons (Fsp3) is 0. The van der Waals surface area contributed by atoms with Gasteiger partial charge in [0.05, 0.1) is 0 Å². The lowest BCUT2D eigenvalue weighted by atomic mass is 10.3. The Kier molecular flexibility index (Phi) is 2.96. The summed E-state index contributed by atoms with van der Waals surface area (Å²) in [7, 11) is 0. The summed E-state index contributed by atoms with van der Waals surface area (Å²) in [6, 6.07) is 8.67. The van der Waals surface area contributed by atoms with Crippen molar-refractivity contribution >= 4 is 12.4 Å². The molecule has 1 aromatic rings. The van der Waals surface area contributed by atoms with Gasteiger partial charge in [0.2, 0.25) is 0 Å². The first-order chi connectivity index (χ1) is 6.66.